The minimum absolute atomic E-state index is 0.795. The van der Waals surface area contributed by atoms with Gasteiger partial charge in [-0.2, -0.15) is 0 Å². The lowest BCUT2D eigenvalue weighted by Gasteiger charge is -2.38. The molecular formula is C16H24ClN3. The van der Waals surface area contributed by atoms with Gasteiger partial charge in [-0.25, -0.2) is 0 Å². The minimum Gasteiger partial charge on any atom is -0.398 e. The van der Waals surface area contributed by atoms with Crippen LogP contribution in [0.25, 0.3) is 0 Å². The molecular weight excluding hydrogens is 270 g/mol. The van der Waals surface area contributed by atoms with E-state index in [4.69, 9.17) is 17.3 Å². The highest BCUT2D eigenvalue weighted by atomic mass is 35.5. The molecule has 1 heterocycles. The van der Waals surface area contributed by atoms with Crippen molar-refractivity contribution in [3.05, 3.63) is 28.8 Å². The highest BCUT2D eigenvalue weighted by Gasteiger charge is 2.26. The Bertz CT molecular complexity index is 429. The van der Waals surface area contributed by atoms with Gasteiger partial charge in [0.15, 0.2) is 0 Å². The molecule has 0 atom stereocenters. The molecule has 2 fully saturated rings. The number of benzene rings is 1. The first-order valence-corrected chi connectivity index (χ1v) is 8.11. The zero-order chi connectivity index (χ0) is 13.9. The van der Waals surface area contributed by atoms with Gasteiger partial charge in [0.25, 0.3) is 0 Å². The van der Waals surface area contributed by atoms with E-state index in [1.54, 1.807) is 0 Å². The van der Waals surface area contributed by atoms with Gasteiger partial charge < -0.3 is 5.73 Å². The van der Waals surface area contributed by atoms with E-state index in [2.05, 4.69) is 9.80 Å². The van der Waals surface area contributed by atoms with Crippen LogP contribution in [-0.2, 0) is 6.54 Å². The normalized spacial score (nSPS) is 22.4. The fourth-order valence-corrected chi connectivity index (χ4v) is 3.76. The van der Waals surface area contributed by atoms with Crippen molar-refractivity contribution in [2.75, 3.05) is 31.9 Å². The Balaban J connectivity index is 1.56. The smallest absolute Gasteiger partial charge is 0.0471 e. The Hall–Kier alpha value is -0.770. The molecule has 3 rings (SSSR count). The molecule has 1 aliphatic carbocycles. The van der Waals surface area contributed by atoms with Gasteiger partial charge >= 0.3 is 0 Å². The molecule has 4 heteroatoms. The summed E-state index contributed by atoms with van der Waals surface area (Å²) < 4.78 is 0. The van der Waals surface area contributed by atoms with Gasteiger partial charge in [-0.1, -0.05) is 30.5 Å². The number of anilines is 1. The largest absolute Gasteiger partial charge is 0.398 e. The van der Waals surface area contributed by atoms with E-state index in [9.17, 15) is 0 Å². The van der Waals surface area contributed by atoms with E-state index in [-0.39, 0.29) is 0 Å². The van der Waals surface area contributed by atoms with Crippen LogP contribution < -0.4 is 5.73 Å². The molecule has 2 N–H and O–H groups in total. The van der Waals surface area contributed by atoms with E-state index in [0.29, 0.717) is 0 Å². The molecule has 0 spiro atoms. The zero-order valence-corrected chi connectivity index (χ0v) is 12.8. The van der Waals surface area contributed by atoms with Crippen LogP contribution in [0.3, 0.4) is 0 Å². The van der Waals surface area contributed by atoms with Crippen LogP contribution in [0.15, 0.2) is 18.2 Å². The molecule has 0 aromatic heterocycles. The van der Waals surface area contributed by atoms with E-state index >= 15 is 0 Å². The van der Waals surface area contributed by atoms with Gasteiger partial charge in [0.1, 0.15) is 0 Å². The fraction of sp³-hybridized carbons (Fsp3) is 0.625. The third-order valence-electron chi connectivity index (χ3n) is 4.78. The second-order valence-electron chi connectivity index (χ2n) is 6.06. The van der Waals surface area contributed by atoms with Crippen molar-refractivity contribution < 1.29 is 0 Å². The van der Waals surface area contributed by atoms with Crippen molar-refractivity contribution >= 4 is 17.3 Å². The van der Waals surface area contributed by atoms with Crippen molar-refractivity contribution in [2.45, 2.75) is 38.3 Å². The summed E-state index contributed by atoms with van der Waals surface area (Å²) in [6.45, 7) is 5.51. The van der Waals surface area contributed by atoms with Gasteiger partial charge in [0.2, 0.25) is 0 Å². The standard InChI is InChI=1S/C16H24ClN3/c17-15-6-3-7-16(18)14(15)12-19-8-10-20(11-9-19)13-4-1-2-5-13/h3,6-7,13H,1-2,4-5,8-12,18H2. The van der Waals surface area contributed by atoms with Crippen molar-refractivity contribution in [3.63, 3.8) is 0 Å². The zero-order valence-electron chi connectivity index (χ0n) is 12.0. The number of nitrogen functional groups attached to an aromatic ring is 1. The number of nitrogens with zero attached hydrogens (tertiary/aromatic N) is 2. The molecule has 3 nitrogen and oxygen atoms in total. The molecule has 0 amide bonds. The van der Waals surface area contributed by atoms with Gasteiger partial charge in [0.05, 0.1) is 0 Å². The molecule has 1 aromatic carbocycles. The monoisotopic (exact) mass is 293 g/mol. The van der Waals surface area contributed by atoms with E-state index in [0.717, 1.165) is 41.9 Å². The average Bonchev–Trinajstić information content (AvgIpc) is 2.98. The summed E-state index contributed by atoms with van der Waals surface area (Å²) in [5.41, 5.74) is 7.95. The summed E-state index contributed by atoms with van der Waals surface area (Å²) in [5, 5.41) is 0.795. The molecule has 20 heavy (non-hydrogen) atoms. The van der Waals surface area contributed by atoms with Gasteiger partial charge in [-0.3, -0.25) is 9.80 Å². The van der Waals surface area contributed by atoms with Crippen LogP contribution in [-0.4, -0.2) is 42.0 Å². The first-order chi connectivity index (χ1) is 9.74. The second-order valence-corrected chi connectivity index (χ2v) is 6.47. The molecule has 0 bridgehead atoms. The van der Waals surface area contributed by atoms with Crippen molar-refractivity contribution in [2.24, 2.45) is 0 Å². The predicted octanol–water partition coefficient (Wildman–Crippen LogP) is 2.98. The first kappa shape index (κ1) is 14.2. The number of hydrogen-bond acceptors (Lipinski definition) is 3. The third kappa shape index (κ3) is 3.11. The SMILES string of the molecule is Nc1cccc(Cl)c1CN1CCN(C2CCCC2)CC1. The Labute approximate surface area is 126 Å². The molecule has 1 aliphatic heterocycles. The van der Waals surface area contributed by atoms with E-state index in [1.807, 2.05) is 18.2 Å². The molecule has 110 valence electrons. The van der Waals surface area contributed by atoms with E-state index in [1.165, 1.54) is 38.8 Å². The molecule has 0 radical (unpaired) electrons. The number of nitrogens with two attached hydrogens (primary N) is 1. The summed E-state index contributed by atoms with van der Waals surface area (Å²) in [6.07, 6.45) is 5.64. The fourth-order valence-electron chi connectivity index (χ4n) is 3.52. The lowest BCUT2D eigenvalue weighted by molar-refractivity contribution is 0.0938. The quantitative estimate of drug-likeness (QED) is 0.870. The van der Waals surface area contributed by atoms with Gasteiger partial charge in [-0.15, -0.1) is 0 Å². The highest BCUT2D eigenvalue weighted by molar-refractivity contribution is 6.31. The number of hydrogen-bond donors (Lipinski definition) is 1. The average molecular weight is 294 g/mol. The summed E-state index contributed by atoms with van der Waals surface area (Å²) in [5.74, 6) is 0. The Morgan fingerprint density at radius 1 is 1.10 bits per heavy atom. The second kappa shape index (κ2) is 6.33. The Morgan fingerprint density at radius 3 is 2.45 bits per heavy atom. The van der Waals surface area contributed by atoms with Crippen molar-refractivity contribution in [1.82, 2.24) is 9.80 Å². The maximum absolute atomic E-state index is 6.26. The maximum Gasteiger partial charge on any atom is 0.0471 e. The predicted molar refractivity (Wildman–Crippen MR) is 85.0 cm³/mol. The van der Waals surface area contributed by atoms with Crippen LogP contribution in [0.4, 0.5) is 5.69 Å². The minimum atomic E-state index is 0.795. The van der Waals surface area contributed by atoms with Gasteiger partial charge in [-0.05, 0) is 25.0 Å². The van der Waals surface area contributed by atoms with Crippen molar-refractivity contribution in [1.29, 1.82) is 0 Å². The van der Waals surface area contributed by atoms with Crippen LogP contribution in [0, 0.1) is 0 Å². The molecule has 1 saturated carbocycles. The summed E-state index contributed by atoms with van der Waals surface area (Å²) in [6, 6.07) is 6.64. The van der Waals surface area contributed by atoms with Crippen LogP contribution in [0.5, 0.6) is 0 Å². The number of halogens is 1. The first-order valence-electron chi connectivity index (χ1n) is 7.73. The molecule has 1 aromatic rings. The van der Waals surface area contributed by atoms with Crippen LogP contribution in [0.2, 0.25) is 5.02 Å². The molecule has 2 aliphatic rings. The molecule has 0 unspecified atom stereocenters. The van der Waals surface area contributed by atoms with Crippen LogP contribution in [0.1, 0.15) is 31.2 Å². The van der Waals surface area contributed by atoms with Crippen molar-refractivity contribution in [3.8, 4) is 0 Å². The summed E-state index contributed by atoms with van der Waals surface area (Å²) >= 11 is 6.26. The Kier molecular flexibility index (Phi) is 4.49. The highest BCUT2D eigenvalue weighted by Crippen LogP contribution is 2.26. The third-order valence-corrected chi connectivity index (χ3v) is 5.14. The topological polar surface area (TPSA) is 32.5 Å². The van der Waals surface area contributed by atoms with E-state index < -0.39 is 0 Å². The van der Waals surface area contributed by atoms with Gasteiger partial charge in [0, 0.05) is 55.0 Å². The maximum atomic E-state index is 6.26. The number of piperazine rings is 1. The molecule has 1 saturated heterocycles. The Morgan fingerprint density at radius 2 is 1.80 bits per heavy atom. The summed E-state index contributed by atoms with van der Waals surface area (Å²) in [4.78, 5) is 5.16. The lowest BCUT2D eigenvalue weighted by Crippen LogP contribution is -2.49. The summed E-state index contributed by atoms with van der Waals surface area (Å²) in [7, 11) is 0. The van der Waals surface area contributed by atoms with Crippen LogP contribution >= 0.6 is 11.6 Å². The number of rotatable bonds is 3. The lowest BCUT2D eigenvalue weighted by atomic mass is 10.1.